The number of pyridine rings is 1. The average molecular weight is 330 g/mol. The summed E-state index contributed by atoms with van der Waals surface area (Å²) in [5, 5.41) is 0. The average Bonchev–Trinajstić information content (AvgIpc) is 2.39. The number of aromatic nitrogens is 1. The van der Waals surface area contributed by atoms with Crippen LogP contribution in [0.4, 0.5) is 0 Å². The summed E-state index contributed by atoms with van der Waals surface area (Å²) in [7, 11) is 0. The predicted octanol–water partition coefficient (Wildman–Crippen LogP) is 2.75. The summed E-state index contributed by atoms with van der Waals surface area (Å²) < 4.78 is 1.03. The molecule has 0 bridgehead atoms. The van der Waals surface area contributed by atoms with E-state index in [9.17, 15) is 0 Å². The SMILES string of the molecule is NNC(Cc1cncc(Br)c1)CC1CCSCC1. The van der Waals surface area contributed by atoms with Gasteiger partial charge in [0.15, 0.2) is 0 Å². The molecule has 1 atom stereocenters. The van der Waals surface area contributed by atoms with Crippen molar-refractivity contribution < 1.29 is 0 Å². The first-order valence-electron chi connectivity index (χ1n) is 6.41. The van der Waals surface area contributed by atoms with Gasteiger partial charge >= 0.3 is 0 Å². The highest BCUT2D eigenvalue weighted by atomic mass is 79.9. The second-order valence-corrected chi connectivity index (χ2v) is 7.01. The molecule has 5 heteroatoms. The van der Waals surface area contributed by atoms with Gasteiger partial charge in [-0.25, -0.2) is 0 Å². The molecule has 0 spiro atoms. The molecule has 0 aliphatic carbocycles. The Balaban J connectivity index is 1.88. The Labute approximate surface area is 121 Å². The van der Waals surface area contributed by atoms with E-state index in [2.05, 4.69) is 44.2 Å². The third-order valence-electron chi connectivity index (χ3n) is 3.44. The Bertz CT molecular complexity index is 369. The van der Waals surface area contributed by atoms with Crippen molar-refractivity contribution in [3.8, 4) is 0 Å². The van der Waals surface area contributed by atoms with Gasteiger partial charge in [-0.2, -0.15) is 11.8 Å². The zero-order chi connectivity index (χ0) is 12.8. The van der Waals surface area contributed by atoms with Crippen LogP contribution in [0.5, 0.6) is 0 Å². The molecule has 1 aliphatic rings. The molecule has 3 N–H and O–H groups in total. The molecule has 0 saturated carbocycles. The van der Waals surface area contributed by atoms with Crippen molar-refractivity contribution in [2.75, 3.05) is 11.5 Å². The zero-order valence-corrected chi connectivity index (χ0v) is 12.8. The van der Waals surface area contributed by atoms with E-state index in [4.69, 9.17) is 5.84 Å². The van der Waals surface area contributed by atoms with Gasteiger partial charge in [-0.15, -0.1) is 0 Å². The first-order valence-corrected chi connectivity index (χ1v) is 8.36. The molecule has 1 fully saturated rings. The molecule has 0 aromatic carbocycles. The van der Waals surface area contributed by atoms with Crippen molar-refractivity contribution in [2.45, 2.75) is 31.7 Å². The normalized spacial score (nSPS) is 18.8. The molecule has 2 rings (SSSR count). The molecule has 1 unspecified atom stereocenters. The molecule has 0 amide bonds. The van der Waals surface area contributed by atoms with Crippen LogP contribution in [0.3, 0.4) is 0 Å². The minimum atomic E-state index is 0.356. The lowest BCUT2D eigenvalue weighted by Crippen LogP contribution is -2.38. The maximum atomic E-state index is 5.69. The van der Waals surface area contributed by atoms with E-state index in [-0.39, 0.29) is 0 Å². The molecule has 1 aliphatic heterocycles. The molecule has 1 aromatic heterocycles. The van der Waals surface area contributed by atoms with Crippen LogP contribution in [0.1, 0.15) is 24.8 Å². The third kappa shape index (κ3) is 4.53. The Hall–Kier alpha value is -0.100. The van der Waals surface area contributed by atoms with Crippen LogP contribution < -0.4 is 11.3 Å². The fourth-order valence-electron chi connectivity index (χ4n) is 2.45. The Morgan fingerprint density at radius 2 is 2.22 bits per heavy atom. The first-order chi connectivity index (χ1) is 8.78. The molecule has 100 valence electrons. The molecule has 3 nitrogen and oxygen atoms in total. The highest BCUT2D eigenvalue weighted by Gasteiger charge is 2.18. The second kappa shape index (κ2) is 7.48. The highest BCUT2D eigenvalue weighted by Crippen LogP contribution is 2.27. The zero-order valence-electron chi connectivity index (χ0n) is 10.4. The van der Waals surface area contributed by atoms with Crippen molar-refractivity contribution in [3.63, 3.8) is 0 Å². The molecule has 1 aromatic rings. The smallest absolute Gasteiger partial charge is 0.0410 e. The standard InChI is InChI=1S/C13H20BrN3S/c14-12-5-11(8-16-9-12)7-13(17-15)6-10-1-3-18-4-2-10/h5,8-10,13,17H,1-4,6-7,15H2. The fraction of sp³-hybridized carbons (Fsp3) is 0.615. The number of nitrogens with one attached hydrogen (secondary N) is 1. The maximum Gasteiger partial charge on any atom is 0.0410 e. The van der Waals surface area contributed by atoms with Crippen molar-refractivity contribution in [3.05, 3.63) is 28.5 Å². The minimum Gasteiger partial charge on any atom is -0.271 e. The summed E-state index contributed by atoms with van der Waals surface area (Å²) in [6.45, 7) is 0. The van der Waals surface area contributed by atoms with E-state index in [0.717, 1.165) is 16.8 Å². The predicted molar refractivity (Wildman–Crippen MR) is 81.4 cm³/mol. The van der Waals surface area contributed by atoms with E-state index in [1.165, 1.54) is 36.3 Å². The van der Waals surface area contributed by atoms with Crippen LogP contribution in [0.15, 0.2) is 22.9 Å². The van der Waals surface area contributed by atoms with Crippen LogP contribution in [0.2, 0.25) is 0 Å². The van der Waals surface area contributed by atoms with Crippen LogP contribution in [0.25, 0.3) is 0 Å². The summed E-state index contributed by atoms with van der Waals surface area (Å²) >= 11 is 5.53. The number of hydrogen-bond acceptors (Lipinski definition) is 4. The summed E-state index contributed by atoms with van der Waals surface area (Å²) in [5.41, 5.74) is 4.20. The van der Waals surface area contributed by atoms with Crippen LogP contribution in [0, 0.1) is 5.92 Å². The van der Waals surface area contributed by atoms with E-state index < -0.39 is 0 Å². The summed E-state index contributed by atoms with van der Waals surface area (Å²) in [5.74, 6) is 9.13. The third-order valence-corrected chi connectivity index (χ3v) is 4.92. The van der Waals surface area contributed by atoms with Crippen LogP contribution in [-0.4, -0.2) is 22.5 Å². The second-order valence-electron chi connectivity index (χ2n) is 4.87. The minimum absolute atomic E-state index is 0.356. The van der Waals surface area contributed by atoms with Crippen molar-refractivity contribution in [2.24, 2.45) is 11.8 Å². The summed E-state index contributed by atoms with van der Waals surface area (Å²) in [6.07, 6.45) is 8.52. The van der Waals surface area contributed by atoms with Crippen molar-refractivity contribution in [1.82, 2.24) is 10.4 Å². The summed E-state index contributed by atoms with van der Waals surface area (Å²) in [4.78, 5) is 4.20. The van der Waals surface area contributed by atoms with Crippen LogP contribution >= 0.6 is 27.7 Å². The molecule has 2 heterocycles. The lowest BCUT2D eigenvalue weighted by Gasteiger charge is -2.26. The van der Waals surface area contributed by atoms with Crippen LogP contribution in [-0.2, 0) is 6.42 Å². The van der Waals surface area contributed by atoms with Gasteiger partial charge in [0.2, 0.25) is 0 Å². The number of nitrogens with zero attached hydrogens (tertiary/aromatic N) is 1. The topological polar surface area (TPSA) is 50.9 Å². The molecular weight excluding hydrogens is 310 g/mol. The van der Waals surface area contributed by atoms with Gasteiger partial charge in [0.05, 0.1) is 0 Å². The Kier molecular flexibility index (Phi) is 5.95. The number of hydrazine groups is 1. The lowest BCUT2D eigenvalue weighted by atomic mass is 9.92. The van der Waals surface area contributed by atoms with E-state index in [1.54, 1.807) is 0 Å². The van der Waals surface area contributed by atoms with Gasteiger partial charge in [0.25, 0.3) is 0 Å². The summed E-state index contributed by atoms with van der Waals surface area (Å²) in [6, 6.07) is 2.47. The van der Waals surface area contributed by atoms with Gasteiger partial charge in [0, 0.05) is 22.9 Å². The Morgan fingerprint density at radius 3 is 2.89 bits per heavy atom. The fourth-order valence-corrected chi connectivity index (χ4v) is 4.06. The van der Waals surface area contributed by atoms with Gasteiger partial charge in [0.1, 0.15) is 0 Å². The van der Waals surface area contributed by atoms with Gasteiger partial charge in [-0.1, -0.05) is 0 Å². The quantitative estimate of drug-likeness (QED) is 0.644. The Morgan fingerprint density at radius 1 is 1.44 bits per heavy atom. The van der Waals surface area contributed by atoms with E-state index in [0.29, 0.717) is 6.04 Å². The number of nitrogens with two attached hydrogens (primary N) is 1. The van der Waals surface area contributed by atoms with Gasteiger partial charge < -0.3 is 0 Å². The molecule has 1 saturated heterocycles. The van der Waals surface area contributed by atoms with Gasteiger partial charge in [-0.05, 0) is 70.7 Å². The van der Waals surface area contributed by atoms with Crippen molar-refractivity contribution in [1.29, 1.82) is 0 Å². The molecular formula is C13H20BrN3S. The highest BCUT2D eigenvalue weighted by molar-refractivity contribution is 9.10. The number of hydrogen-bond donors (Lipinski definition) is 2. The monoisotopic (exact) mass is 329 g/mol. The largest absolute Gasteiger partial charge is 0.271 e. The van der Waals surface area contributed by atoms with E-state index in [1.807, 2.05) is 12.4 Å². The molecule has 0 radical (unpaired) electrons. The number of rotatable bonds is 5. The molecule has 18 heavy (non-hydrogen) atoms. The maximum absolute atomic E-state index is 5.69. The van der Waals surface area contributed by atoms with E-state index >= 15 is 0 Å². The number of halogens is 1. The lowest BCUT2D eigenvalue weighted by molar-refractivity contribution is 0.365. The number of thioether (sulfide) groups is 1. The first kappa shape index (κ1) is 14.3. The van der Waals surface area contributed by atoms with Gasteiger partial charge in [-0.3, -0.25) is 16.3 Å². The van der Waals surface area contributed by atoms with Crippen molar-refractivity contribution >= 4 is 27.7 Å².